The fourth-order valence-corrected chi connectivity index (χ4v) is 3.44. The molecule has 0 unspecified atom stereocenters. The lowest BCUT2D eigenvalue weighted by Gasteiger charge is -2.23. The van der Waals surface area contributed by atoms with Gasteiger partial charge in [-0.05, 0) is 24.3 Å². The smallest absolute Gasteiger partial charge is 0.374 e. The minimum Gasteiger partial charge on any atom is -0.457 e. The van der Waals surface area contributed by atoms with Crippen LogP contribution in [0.4, 0.5) is 0 Å². The Labute approximate surface area is 124 Å². The monoisotopic (exact) mass is 300 g/mol. The molecule has 0 saturated heterocycles. The maximum absolute atomic E-state index is 11.9. The Balaban J connectivity index is 1.57. The first-order chi connectivity index (χ1) is 10.3. The molecule has 5 nitrogen and oxygen atoms in total. The van der Waals surface area contributed by atoms with Crippen LogP contribution in [0.2, 0.25) is 0 Å². The van der Waals surface area contributed by atoms with Crippen LogP contribution in [0, 0.1) is 0 Å². The molecule has 1 atom stereocenters. The molecule has 21 heavy (non-hydrogen) atoms. The van der Waals surface area contributed by atoms with Gasteiger partial charge >= 0.3 is 5.97 Å². The molecule has 4 rings (SSSR count). The number of fused-ring (bicyclic) bond motifs is 3. The van der Waals surface area contributed by atoms with Gasteiger partial charge in [-0.1, -0.05) is 23.9 Å². The Hall–Kier alpha value is -2.21. The van der Waals surface area contributed by atoms with Gasteiger partial charge in [-0.25, -0.2) is 9.78 Å². The molecular weight excluding hydrogens is 288 g/mol. The molecule has 1 aliphatic heterocycles. The minimum atomic E-state index is -0.418. The highest BCUT2D eigenvalue weighted by Gasteiger charge is 2.26. The Bertz CT molecular complexity index is 794. The third-order valence-corrected chi connectivity index (χ3v) is 4.51. The fraction of sp³-hybridized carbons (Fsp3) is 0.200. The number of para-hydroxylation sites is 2. The van der Waals surface area contributed by atoms with Crippen molar-refractivity contribution in [3.8, 4) is 0 Å². The van der Waals surface area contributed by atoms with Crippen molar-refractivity contribution >= 4 is 28.8 Å². The Morgan fingerprint density at radius 2 is 2.24 bits per heavy atom. The van der Waals surface area contributed by atoms with Crippen molar-refractivity contribution in [1.29, 1.82) is 0 Å². The van der Waals surface area contributed by atoms with Crippen LogP contribution in [0.15, 0.2) is 52.2 Å². The highest BCUT2D eigenvalue weighted by molar-refractivity contribution is 7.99. The molecule has 1 aliphatic rings. The second kappa shape index (κ2) is 4.96. The predicted molar refractivity (Wildman–Crippen MR) is 78.4 cm³/mol. The van der Waals surface area contributed by atoms with Crippen molar-refractivity contribution in [1.82, 2.24) is 9.55 Å². The van der Waals surface area contributed by atoms with Crippen LogP contribution < -0.4 is 0 Å². The number of aromatic nitrogens is 2. The molecule has 0 radical (unpaired) electrons. The maximum Gasteiger partial charge on any atom is 0.374 e. The van der Waals surface area contributed by atoms with Gasteiger partial charge in [0.25, 0.3) is 0 Å². The van der Waals surface area contributed by atoms with E-state index in [4.69, 9.17) is 9.15 Å². The van der Waals surface area contributed by atoms with E-state index in [1.54, 1.807) is 23.9 Å². The first-order valence-electron chi connectivity index (χ1n) is 6.64. The minimum absolute atomic E-state index is 0.183. The van der Waals surface area contributed by atoms with E-state index in [9.17, 15) is 4.79 Å². The first kappa shape index (κ1) is 12.5. The molecule has 2 aromatic heterocycles. The summed E-state index contributed by atoms with van der Waals surface area (Å²) in [6, 6.07) is 11.3. The van der Waals surface area contributed by atoms with Crippen molar-refractivity contribution in [2.24, 2.45) is 0 Å². The van der Waals surface area contributed by atoms with Crippen LogP contribution in [0.5, 0.6) is 0 Å². The molecule has 1 aromatic carbocycles. The van der Waals surface area contributed by atoms with E-state index in [0.29, 0.717) is 12.3 Å². The van der Waals surface area contributed by atoms with E-state index < -0.39 is 5.97 Å². The number of ether oxygens (including phenoxy) is 1. The van der Waals surface area contributed by atoms with E-state index in [2.05, 4.69) is 9.55 Å². The molecule has 0 saturated carbocycles. The average Bonchev–Trinajstić information content (AvgIpc) is 3.14. The number of thioether (sulfide) groups is 1. The number of carbonyl (C=O) groups excluding carboxylic acids is 1. The molecule has 0 amide bonds. The molecule has 106 valence electrons. The van der Waals surface area contributed by atoms with Crippen LogP contribution in [0.3, 0.4) is 0 Å². The van der Waals surface area contributed by atoms with Crippen molar-refractivity contribution < 1.29 is 13.9 Å². The van der Waals surface area contributed by atoms with Crippen LogP contribution in [-0.4, -0.2) is 27.4 Å². The van der Waals surface area contributed by atoms with Crippen molar-refractivity contribution in [3.63, 3.8) is 0 Å². The molecule has 6 heteroatoms. The topological polar surface area (TPSA) is 57.3 Å². The van der Waals surface area contributed by atoms with Crippen molar-refractivity contribution in [2.75, 3.05) is 5.75 Å². The number of benzene rings is 1. The Morgan fingerprint density at radius 1 is 1.33 bits per heavy atom. The standard InChI is InChI=1S/C15H12N2O3S/c18-14(13-6-3-7-19-13)20-10-8-17-12-5-2-1-4-11(12)16-15(17)21-9-10/h1-7,10H,8-9H2/t10-/m1/s1. The maximum atomic E-state index is 11.9. The summed E-state index contributed by atoms with van der Waals surface area (Å²) in [4.78, 5) is 16.5. The number of hydrogen-bond donors (Lipinski definition) is 0. The van der Waals surface area contributed by atoms with Crippen molar-refractivity contribution in [2.45, 2.75) is 17.8 Å². The van der Waals surface area contributed by atoms with E-state index >= 15 is 0 Å². The number of esters is 1. The van der Waals surface area contributed by atoms with Crippen LogP contribution in [-0.2, 0) is 11.3 Å². The summed E-state index contributed by atoms with van der Waals surface area (Å²) in [5.41, 5.74) is 2.04. The van der Waals surface area contributed by atoms with Crippen LogP contribution >= 0.6 is 11.8 Å². The summed E-state index contributed by atoms with van der Waals surface area (Å²) < 4.78 is 12.7. The van der Waals surface area contributed by atoms with E-state index in [1.807, 2.05) is 24.3 Å². The average molecular weight is 300 g/mol. The number of carbonyl (C=O) groups is 1. The third-order valence-electron chi connectivity index (χ3n) is 3.40. The van der Waals surface area contributed by atoms with Gasteiger partial charge in [0.05, 0.1) is 23.8 Å². The summed E-state index contributed by atoms with van der Waals surface area (Å²) in [7, 11) is 0. The molecule has 0 N–H and O–H groups in total. The number of furan rings is 1. The number of nitrogens with zero attached hydrogens (tertiary/aromatic N) is 2. The summed E-state index contributed by atoms with van der Waals surface area (Å²) in [6.07, 6.45) is 1.28. The second-order valence-corrected chi connectivity index (χ2v) is 5.80. The first-order valence-corrected chi connectivity index (χ1v) is 7.62. The molecule has 3 heterocycles. The fourth-order valence-electron chi connectivity index (χ4n) is 2.44. The van der Waals surface area contributed by atoms with Gasteiger partial charge in [-0.2, -0.15) is 0 Å². The van der Waals surface area contributed by atoms with Gasteiger partial charge in [0.15, 0.2) is 5.16 Å². The number of imidazole rings is 1. The summed E-state index contributed by atoms with van der Waals surface area (Å²) >= 11 is 1.61. The highest BCUT2D eigenvalue weighted by Crippen LogP contribution is 2.30. The lowest BCUT2D eigenvalue weighted by molar-refractivity contribution is 0.0271. The van der Waals surface area contributed by atoms with Gasteiger partial charge < -0.3 is 13.7 Å². The number of rotatable bonds is 2. The van der Waals surface area contributed by atoms with Gasteiger partial charge in [0, 0.05) is 5.75 Å². The van der Waals surface area contributed by atoms with Crippen molar-refractivity contribution in [3.05, 3.63) is 48.4 Å². The van der Waals surface area contributed by atoms with Crippen LogP contribution in [0.1, 0.15) is 10.6 Å². The summed E-state index contributed by atoms with van der Waals surface area (Å²) in [6.45, 7) is 0.620. The zero-order valence-corrected chi connectivity index (χ0v) is 11.9. The second-order valence-electron chi connectivity index (χ2n) is 4.81. The van der Waals surface area contributed by atoms with Gasteiger partial charge in [0.1, 0.15) is 6.10 Å². The SMILES string of the molecule is O=C(O[C@H]1CSc2nc3ccccc3n2C1)c1ccco1. The lowest BCUT2D eigenvalue weighted by atomic mass is 10.3. The zero-order valence-electron chi connectivity index (χ0n) is 11.1. The predicted octanol–water partition coefficient (Wildman–Crippen LogP) is 2.96. The number of hydrogen-bond acceptors (Lipinski definition) is 5. The third kappa shape index (κ3) is 2.21. The largest absolute Gasteiger partial charge is 0.457 e. The quantitative estimate of drug-likeness (QED) is 0.681. The van der Waals surface area contributed by atoms with E-state index in [1.165, 1.54) is 6.26 Å². The van der Waals surface area contributed by atoms with E-state index in [-0.39, 0.29) is 11.9 Å². The molecule has 3 aromatic rings. The normalized spacial score (nSPS) is 17.6. The zero-order chi connectivity index (χ0) is 14.2. The lowest BCUT2D eigenvalue weighted by Crippen LogP contribution is -2.29. The van der Waals surface area contributed by atoms with Gasteiger partial charge in [-0.15, -0.1) is 0 Å². The molecule has 0 aliphatic carbocycles. The Morgan fingerprint density at radius 3 is 3.10 bits per heavy atom. The van der Waals surface area contributed by atoms with Gasteiger partial charge in [-0.3, -0.25) is 0 Å². The van der Waals surface area contributed by atoms with E-state index in [0.717, 1.165) is 16.2 Å². The van der Waals surface area contributed by atoms with Gasteiger partial charge in [0.2, 0.25) is 5.76 Å². The summed E-state index contributed by atoms with van der Waals surface area (Å²) in [5.74, 6) is 0.523. The molecule has 0 spiro atoms. The molecule has 0 bridgehead atoms. The Kier molecular flexibility index (Phi) is 2.96. The van der Waals surface area contributed by atoms with Crippen LogP contribution in [0.25, 0.3) is 11.0 Å². The summed E-state index contributed by atoms with van der Waals surface area (Å²) in [5, 5.41) is 0.974. The molecular formula is C15H12N2O3S. The molecule has 0 fully saturated rings. The highest BCUT2D eigenvalue weighted by atomic mass is 32.2.